The molecule has 0 aliphatic carbocycles. The van der Waals surface area contributed by atoms with Gasteiger partial charge in [-0.25, -0.2) is 0 Å². The number of nitrogens with one attached hydrogen (secondary N) is 1. The van der Waals surface area contributed by atoms with E-state index < -0.39 is 12.0 Å². The number of carboxylic acids is 1. The van der Waals surface area contributed by atoms with Crippen molar-refractivity contribution in [3.8, 4) is 0 Å². The highest BCUT2D eigenvalue weighted by molar-refractivity contribution is 5.74. The van der Waals surface area contributed by atoms with E-state index in [0.29, 0.717) is 6.42 Å². The largest absolute Gasteiger partial charge is 0.480 e. The molecule has 1 heterocycles. The Labute approximate surface area is 59.4 Å². The van der Waals surface area contributed by atoms with Gasteiger partial charge in [-0.05, 0) is 13.3 Å². The van der Waals surface area contributed by atoms with Gasteiger partial charge in [-0.15, -0.1) is 0 Å². The van der Waals surface area contributed by atoms with Gasteiger partial charge in [-0.3, -0.25) is 4.79 Å². The minimum atomic E-state index is -0.806. The predicted octanol–water partition coefficient (Wildman–Crippen LogP) is -0.851. The summed E-state index contributed by atoms with van der Waals surface area (Å²) in [6, 6.07) is -0.327. The van der Waals surface area contributed by atoms with Crippen LogP contribution in [0, 0.1) is 0 Å². The minimum Gasteiger partial charge on any atom is -0.480 e. The minimum absolute atomic E-state index is 0.0129. The Balaban J connectivity index is 2.49. The van der Waals surface area contributed by atoms with E-state index in [2.05, 4.69) is 5.32 Å². The lowest BCUT2D eigenvalue weighted by Crippen LogP contribution is -2.36. The third-order valence-corrected chi connectivity index (χ3v) is 1.91. The number of hydrogen-bond acceptors (Lipinski definition) is 3. The van der Waals surface area contributed by atoms with Gasteiger partial charge in [-0.1, -0.05) is 0 Å². The van der Waals surface area contributed by atoms with Gasteiger partial charge in [0.1, 0.15) is 6.04 Å². The molecule has 0 amide bonds. The third-order valence-electron chi connectivity index (χ3n) is 1.91. The van der Waals surface area contributed by atoms with Crippen molar-refractivity contribution in [2.45, 2.75) is 31.5 Å². The standard InChI is InChI=1S/C6H12N2O2/c1-3-4(7)2-5(8-3)6(9)10/h3-5,8H,2,7H2,1H3,(H,9,10). The molecule has 4 nitrogen and oxygen atoms in total. The molecule has 3 atom stereocenters. The lowest BCUT2D eigenvalue weighted by molar-refractivity contribution is -0.139. The lowest BCUT2D eigenvalue weighted by Gasteiger charge is -2.06. The van der Waals surface area contributed by atoms with Crippen molar-refractivity contribution < 1.29 is 9.90 Å². The number of aliphatic carboxylic acids is 1. The summed E-state index contributed by atoms with van der Waals surface area (Å²) in [7, 11) is 0. The summed E-state index contributed by atoms with van der Waals surface area (Å²) in [6.45, 7) is 1.90. The van der Waals surface area contributed by atoms with Crippen molar-refractivity contribution in [2.24, 2.45) is 5.73 Å². The molecule has 0 radical (unpaired) electrons. The van der Waals surface area contributed by atoms with Crippen LogP contribution in [-0.4, -0.2) is 29.2 Å². The molecule has 58 valence electrons. The fraction of sp³-hybridized carbons (Fsp3) is 0.833. The molecular formula is C6H12N2O2. The molecule has 0 bridgehead atoms. The zero-order valence-electron chi connectivity index (χ0n) is 5.87. The maximum absolute atomic E-state index is 10.4. The van der Waals surface area contributed by atoms with Gasteiger partial charge < -0.3 is 16.2 Å². The monoisotopic (exact) mass is 144 g/mol. The van der Waals surface area contributed by atoms with E-state index >= 15 is 0 Å². The van der Waals surface area contributed by atoms with Crippen molar-refractivity contribution in [3.63, 3.8) is 0 Å². The normalized spacial score (nSPS) is 40.0. The van der Waals surface area contributed by atoms with Crippen LogP contribution in [0.3, 0.4) is 0 Å². The van der Waals surface area contributed by atoms with Crippen molar-refractivity contribution in [3.05, 3.63) is 0 Å². The molecule has 0 spiro atoms. The lowest BCUT2D eigenvalue weighted by atomic mass is 10.1. The molecule has 1 aliphatic rings. The van der Waals surface area contributed by atoms with Gasteiger partial charge in [0.25, 0.3) is 0 Å². The van der Waals surface area contributed by atoms with Gasteiger partial charge in [0, 0.05) is 12.1 Å². The summed E-state index contributed by atoms with van der Waals surface area (Å²) in [5.41, 5.74) is 5.58. The smallest absolute Gasteiger partial charge is 0.320 e. The van der Waals surface area contributed by atoms with Crippen LogP contribution in [0.25, 0.3) is 0 Å². The number of carbonyl (C=O) groups is 1. The van der Waals surface area contributed by atoms with Gasteiger partial charge in [0.05, 0.1) is 0 Å². The van der Waals surface area contributed by atoms with Gasteiger partial charge in [0.15, 0.2) is 0 Å². The highest BCUT2D eigenvalue weighted by Gasteiger charge is 2.31. The molecule has 4 N–H and O–H groups in total. The summed E-state index contributed by atoms with van der Waals surface area (Å²) in [4.78, 5) is 10.4. The highest BCUT2D eigenvalue weighted by Crippen LogP contribution is 2.10. The number of hydrogen-bond donors (Lipinski definition) is 3. The number of rotatable bonds is 1. The highest BCUT2D eigenvalue weighted by atomic mass is 16.4. The second-order valence-corrected chi connectivity index (χ2v) is 2.75. The summed E-state index contributed by atoms with van der Waals surface area (Å²) in [6.07, 6.45) is 0.538. The fourth-order valence-corrected chi connectivity index (χ4v) is 1.16. The van der Waals surface area contributed by atoms with Crippen molar-refractivity contribution >= 4 is 5.97 Å². The Kier molecular flexibility index (Phi) is 1.92. The first-order valence-corrected chi connectivity index (χ1v) is 3.35. The van der Waals surface area contributed by atoms with Crippen molar-refractivity contribution in [1.82, 2.24) is 5.32 Å². The summed E-state index contributed by atoms with van der Waals surface area (Å²) in [5, 5.41) is 11.4. The van der Waals surface area contributed by atoms with Crippen LogP contribution in [-0.2, 0) is 4.79 Å². The van der Waals surface area contributed by atoms with E-state index in [0.717, 1.165) is 0 Å². The zero-order chi connectivity index (χ0) is 7.72. The average Bonchev–Trinajstić information content (AvgIpc) is 2.13. The van der Waals surface area contributed by atoms with Crippen LogP contribution in [0.5, 0.6) is 0 Å². The molecule has 1 rings (SSSR count). The zero-order valence-corrected chi connectivity index (χ0v) is 5.87. The Morgan fingerprint density at radius 3 is 2.60 bits per heavy atom. The molecule has 0 aromatic rings. The predicted molar refractivity (Wildman–Crippen MR) is 36.6 cm³/mol. The van der Waals surface area contributed by atoms with Crippen LogP contribution in [0.2, 0.25) is 0 Å². The molecule has 0 saturated carbocycles. The summed E-state index contributed by atoms with van der Waals surface area (Å²) < 4.78 is 0. The third kappa shape index (κ3) is 1.27. The maximum Gasteiger partial charge on any atom is 0.320 e. The quantitative estimate of drug-likeness (QED) is 0.448. The van der Waals surface area contributed by atoms with Gasteiger partial charge >= 0.3 is 5.97 Å². The van der Waals surface area contributed by atoms with Gasteiger partial charge in [0.2, 0.25) is 0 Å². The second kappa shape index (κ2) is 2.56. The van der Waals surface area contributed by atoms with Crippen LogP contribution in [0.4, 0.5) is 0 Å². The molecule has 3 unspecified atom stereocenters. The van der Waals surface area contributed by atoms with E-state index in [4.69, 9.17) is 10.8 Å². The van der Waals surface area contributed by atoms with E-state index in [1.807, 2.05) is 6.92 Å². The number of nitrogens with two attached hydrogens (primary N) is 1. The van der Waals surface area contributed by atoms with E-state index in [1.54, 1.807) is 0 Å². The van der Waals surface area contributed by atoms with E-state index in [-0.39, 0.29) is 12.1 Å². The van der Waals surface area contributed by atoms with E-state index in [9.17, 15) is 4.79 Å². The summed E-state index contributed by atoms with van der Waals surface area (Å²) >= 11 is 0. The topological polar surface area (TPSA) is 75.3 Å². The van der Waals surface area contributed by atoms with E-state index in [1.165, 1.54) is 0 Å². The number of carboxylic acid groups (broad SMARTS) is 1. The van der Waals surface area contributed by atoms with Crippen LogP contribution in [0.15, 0.2) is 0 Å². The first kappa shape index (κ1) is 7.50. The molecule has 0 aromatic heterocycles. The fourth-order valence-electron chi connectivity index (χ4n) is 1.16. The first-order valence-electron chi connectivity index (χ1n) is 3.35. The van der Waals surface area contributed by atoms with Crippen LogP contribution < -0.4 is 11.1 Å². The molecule has 4 heteroatoms. The Hall–Kier alpha value is -0.610. The first-order chi connectivity index (χ1) is 4.61. The van der Waals surface area contributed by atoms with Crippen molar-refractivity contribution in [1.29, 1.82) is 0 Å². The molecule has 10 heavy (non-hydrogen) atoms. The Morgan fingerprint density at radius 1 is 1.80 bits per heavy atom. The van der Waals surface area contributed by atoms with Gasteiger partial charge in [-0.2, -0.15) is 0 Å². The van der Waals surface area contributed by atoms with Crippen LogP contribution in [0.1, 0.15) is 13.3 Å². The molecular weight excluding hydrogens is 132 g/mol. The molecule has 1 saturated heterocycles. The van der Waals surface area contributed by atoms with Crippen LogP contribution >= 0.6 is 0 Å². The SMILES string of the molecule is CC1NC(C(=O)O)CC1N. The Bertz CT molecular complexity index is 139. The average molecular weight is 144 g/mol. The second-order valence-electron chi connectivity index (χ2n) is 2.75. The molecule has 0 aromatic carbocycles. The maximum atomic E-state index is 10.4. The molecule has 1 fully saturated rings. The van der Waals surface area contributed by atoms with Crippen molar-refractivity contribution in [2.75, 3.05) is 0 Å². The molecule has 1 aliphatic heterocycles. The summed E-state index contributed by atoms with van der Waals surface area (Å²) in [5.74, 6) is -0.806. The Morgan fingerprint density at radius 2 is 2.40 bits per heavy atom.